The summed E-state index contributed by atoms with van der Waals surface area (Å²) >= 11 is 1.81. The highest BCUT2D eigenvalue weighted by Gasteiger charge is 2.28. The van der Waals surface area contributed by atoms with Crippen LogP contribution in [0.5, 0.6) is 0 Å². The number of rotatable bonds is 4. The van der Waals surface area contributed by atoms with Gasteiger partial charge in [-0.1, -0.05) is 0 Å². The molecule has 0 saturated heterocycles. The van der Waals surface area contributed by atoms with Crippen molar-refractivity contribution < 1.29 is 4.79 Å². The predicted octanol–water partition coefficient (Wildman–Crippen LogP) is 2.97. The molecule has 6 heteroatoms. The zero-order valence-electron chi connectivity index (χ0n) is 14.2. The van der Waals surface area contributed by atoms with Gasteiger partial charge < -0.3 is 9.88 Å². The Morgan fingerprint density at radius 1 is 1.48 bits per heavy atom. The number of carbonyl (C=O) groups excluding carboxylic acids is 1. The van der Waals surface area contributed by atoms with Crippen molar-refractivity contribution in [2.75, 3.05) is 6.54 Å². The van der Waals surface area contributed by atoms with Crippen molar-refractivity contribution in [1.82, 2.24) is 19.8 Å². The van der Waals surface area contributed by atoms with E-state index in [1.807, 2.05) is 31.4 Å². The van der Waals surface area contributed by atoms with Gasteiger partial charge in [0.15, 0.2) is 0 Å². The van der Waals surface area contributed by atoms with E-state index < -0.39 is 0 Å². The quantitative estimate of drug-likeness (QED) is 0.936. The third-order valence-electron chi connectivity index (χ3n) is 4.32. The Morgan fingerprint density at radius 2 is 2.26 bits per heavy atom. The highest BCUT2D eigenvalue weighted by atomic mass is 32.1. The molecule has 0 aromatic carbocycles. The minimum absolute atomic E-state index is 0.0882. The van der Waals surface area contributed by atoms with E-state index in [1.54, 1.807) is 0 Å². The van der Waals surface area contributed by atoms with Crippen LogP contribution in [0.3, 0.4) is 0 Å². The lowest BCUT2D eigenvalue weighted by Crippen LogP contribution is -2.36. The van der Waals surface area contributed by atoms with E-state index >= 15 is 0 Å². The van der Waals surface area contributed by atoms with Gasteiger partial charge in [0.1, 0.15) is 11.5 Å². The van der Waals surface area contributed by atoms with Gasteiger partial charge in [-0.2, -0.15) is 0 Å². The Labute approximate surface area is 141 Å². The first kappa shape index (κ1) is 16.2. The van der Waals surface area contributed by atoms with Crippen molar-refractivity contribution in [3.63, 3.8) is 0 Å². The van der Waals surface area contributed by atoms with E-state index in [4.69, 9.17) is 0 Å². The monoisotopic (exact) mass is 332 g/mol. The lowest BCUT2D eigenvalue weighted by Gasteiger charge is -2.33. The zero-order valence-corrected chi connectivity index (χ0v) is 15.0. The summed E-state index contributed by atoms with van der Waals surface area (Å²) in [6, 6.07) is 2.51. The summed E-state index contributed by atoms with van der Waals surface area (Å²) in [5.41, 5.74) is 1.88. The van der Waals surface area contributed by atoms with Crippen molar-refractivity contribution in [2.24, 2.45) is 0 Å². The lowest BCUT2D eigenvalue weighted by atomic mass is 10.2. The summed E-state index contributed by atoms with van der Waals surface area (Å²) < 4.78 is 2.12. The molecule has 1 amide bonds. The highest BCUT2D eigenvalue weighted by Crippen LogP contribution is 2.28. The summed E-state index contributed by atoms with van der Waals surface area (Å²) in [4.78, 5) is 20.6. The van der Waals surface area contributed by atoms with Crippen LogP contribution in [0.4, 0.5) is 0 Å². The fourth-order valence-corrected chi connectivity index (χ4v) is 3.88. The molecular weight excluding hydrogens is 308 g/mol. The smallest absolute Gasteiger partial charge is 0.271 e. The maximum atomic E-state index is 12.2. The molecule has 0 spiro atoms. The average Bonchev–Trinajstić information content (AvgIpc) is 3.08. The first-order valence-corrected chi connectivity index (χ1v) is 8.98. The number of carbonyl (C=O) groups is 1. The van der Waals surface area contributed by atoms with E-state index in [1.165, 1.54) is 10.4 Å². The molecule has 5 nitrogen and oxygen atoms in total. The second kappa shape index (κ2) is 6.45. The van der Waals surface area contributed by atoms with Gasteiger partial charge in [-0.05, 0) is 44.7 Å². The van der Waals surface area contributed by atoms with Crippen LogP contribution < -0.4 is 5.32 Å². The Bertz CT molecular complexity index is 703. The van der Waals surface area contributed by atoms with Crippen molar-refractivity contribution in [3.8, 4) is 0 Å². The van der Waals surface area contributed by atoms with Gasteiger partial charge in [-0.25, -0.2) is 4.98 Å². The van der Waals surface area contributed by atoms with Crippen molar-refractivity contribution in [2.45, 2.75) is 52.9 Å². The van der Waals surface area contributed by atoms with Gasteiger partial charge in [0.25, 0.3) is 5.91 Å². The van der Waals surface area contributed by atoms with Crippen LogP contribution in [-0.4, -0.2) is 32.9 Å². The van der Waals surface area contributed by atoms with Crippen molar-refractivity contribution in [3.05, 3.63) is 39.6 Å². The summed E-state index contributed by atoms with van der Waals surface area (Å²) in [5, 5.41) is 5.06. The summed E-state index contributed by atoms with van der Waals surface area (Å²) in [6.45, 7) is 11.1. The van der Waals surface area contributed by atoms with Gasteiger partial charge in [0, 0.05) is 36.8 Å². The largest absolute Gasteiger partial charge is 0.348 e. The molecule has 1 aliphatic rings. The molecule has 0 aliphatic carbocycles. The number of aromatic nitrogens is 2. The fraction of sp³-hybridized carbons (Fsp3) is 0.529. The van der Waals surface area contributed by atoms with E-state index in [9.17, 15) is 4.79 Å². The normalized spacial score (nSPS) is 18.2. The molecule has 2 aromatic rings. The Balaban J connectivity index is 1.77. The summed E-state index contributed by atoms with van der Waals surface area (Å²) in [5.74, 6) is 0.897. The molecule has 2 aromatic heterocycles. The molecule has 1 aliphatic heterocycles. The molecule has 1 N–H and O–H groups in total. The van der Waals surface area contributed by atoms with E-state index in [2.05, 4.69) is 45.1 Å². The van der Waals surface area contributed by atoms with Gasteiger partial charge in [-0.15, -0.1) is 11.3 Å². The predicted molar refractivity (Wildman–Crippen MR) is 92.7 cm³/mol. The fourth-order valence-electron chi connectivity index (χ4n) is 2.95. The number of hydrogen-bond acceptors (Lipinski definition) is 4. The number of imidazole rings is 1. The Hall–Kier alpha value is -1.66. The Morgan fingerprint density at radius 3 is 2.91 bits per heavy atom. The van der Waals surface area contributed by atoms with Crippen LogP contribution in [0.25, 0.3) is 0 Å². The maximum Gasteiger partial charge on any atom is 0.271 e. The van der Waals surface area contributed by atoms with E-state index in [-0.39, 0.29) is 18.0 Å². The van der Waals surface area contributed by atoms with Gasteiger partial charge >= 0.3 is 0 Å². The third-order valence-corrected chi connectivity index (χ3v) is 5.33. The molecule has 0 bridgehead atoms. The summed E-state index contributed by atoms with van der Waals surface area (Å²) in [6.07, 6.45) is 1.89. The van der Waals surface area contributed by atoms with Crippen LogP contribution in [0, 0.1) is 6.92 Å². The number of hydrogen-bond donors (Lipinski definition) is 1. The van der Waals surface area contributed by atoms with Gasteiger partial charge in [0.2, 0.25) is 0 Å². The van der Waals surface area contributed by atoms with Gasteiger partial charge in [-0.3, -0.25) is 9.69 Å². The SMILES string of the molecule is Cc1ccsc1CN1CCn2cc(C(=O)NC(C)C)nc2C1C. The topological polar surface area (TPSA) is 50.2 Å². The number of aryl methyl sites for hydroxylation is 1. The van der Waals surface area contributed by atoms with E-state index in [0.717, 1.165) is 25.5 Å². The maximum absolute atomic E-state index is 12.2. The molecule has 1 unspecified atom stereocenters. The molecule has 1 atom stereocenters. The summed E-state index contributed by atoms with van der Waals surface area (Å²) in [7, 11) is 0. The van der Waals surface area contributed by atoms with Gasteiger partial charge in [0.05, 0.1) is 6.04 Å². The first-order chi connectivity index (χ1) is 11.0. The van der Waals surface area contributed by atoms with E-state index in [0.29, 0.717) is 5.69 Å². The van der Waals surface area contributed by atoms with Crippen LogP contribution in [-0.2, 0) is 13.1 Å². The molecule has 0 radical (unpaired) electrons. The third kappa shape index (κ3) is 3.33. The zero-order chi connectivity index (χ0) is 16.6. The molecule has 3 rings (SSSR count). The molecule has 0 fully saturated rings. The van der Waals surface area contributed by atoms with Crippen molar-refractivity contribution in [1.29, 1.82) is 0 Å². The molecule has 124 valence electrons. The number of thiophene rings is 1. The van der Waals surface area contributed by atoms with Crippen molar-refractivity contribution >= 4 is 17.2 Å². The van der Waals surface area contributed by atoms with Crippen LogP contribution in [0.2, 0.25) is 0 Å². The number of nitrogens with zero attached hydrogens (tertiary/aromatic N) is 3. The number of amides is 1. The lowest BCUT2D eigenvalue weighted by molar-refractivity contribution is 0.0938. The molecule has 3 heterocycles. The highest BCUT2D eigenvalue weighted by molar-refractivity contribution is 7.10. The standard InChI is InChI=1S/C17H24N4OS/c1-11(2)18-17(22)14-9-21-7-6-20(13(4)16(21)19-14)10-15-12(3)5-8-23-15/h5,8-9,11,13H,6-7,10H2,1-4H3,(H,18,22). The number of fused-ring (bicyclic) bond motifs is 1. The minimum atomic E-state index is -0.0882. The number of nitrogens with one attached hydrogen (secondary N) is 1. The minimum Gasteiger partial charge on any atom is -0.348 e. The molecule has 23 heavy (non-hydrogen) atoms. The van der Waals surface area contributed by atoms with Crippen LogP contribution >= 0.6 is 11.3 Å². The second-order valence-electron chi connectivity index (χ2n) is 6.48. The first-order valence-electron chi connectivity index (χ1n) is 8.10. The Kier molecular flexibility index (Phi) is 4.55. The van der Waals surface area contributed by atoms with Crippen LogP contribution in [0.15, 0.2) is 17.6 Å². The molecular formula is C17H24N4OS. The second-order valence-corrected chi connectivity index (χ2v) is 7.48. The molecule has 0 saturated carbocycles. The average molecular weight is 332 g/mol. The van der Waals surface area contributed by atoms with Crippen LogP contribution in [0.1, 0.15) is 53.6 Å².